The Hall–Kier alpha value is -3.48. The second-order valence-electron chi connectivity index (χ2n) is 7.28. The van der Waals surface area contributed by atoms with Gasteiger partial charge in [0, 0.05) is 35.5 Å². The van der Waals surface area contributed by atoms with Crippen LogP contribution in [0.3, 0.4) is 0 Å². The molecule has 1 aliphatic rings. The monoisotopic (exact) mass is 407 g/mol. The number of nitrogens with one attached hydrogen (secondary N) is 1. The molecule has 0 aliphatic carbocycles. The SMILES string of the molecule is CC1=C(C(=O)OCc2cccnc2)C(c2ccccn2)C(C(=O)OC(C)C)=C(C)N1. The zero-order valence-electron chi connectivity index (χ0n) is 17.5. The minimum absolute atomic E-state index is 0.0763. The first kappa shape index (κ1) is 21.2. The number of pyridine rings is 2. The van der Waals surface area contributed by atoms with Crippen LogP contribution < -0.4 is 5.32 Å². The van der Waals surface area contributed by atoms with Gasteiger partial charge in [0.05, 0.1) is 28.9 Å². The summed E-state index contributed by atoms with van der Waals surface area (Å²) in [6, 6.07) is 8.99. The van der Waals surface area contributed by atoms with E-state index in [1.54, 1.807) is 64.5 Å². The van der Waals surface area contributed by atoms with Crippen LogP contribution in [0.4, 0.5) is 0 Å². The number of rotatable bonds is 6. The van der Waals surface area contributed by atoms with Gasteiger partial charge in [-0.2, -0.15) is 0 Å². The standard InChI is InChI=1S/C23H25N3O4/c1-14(2)30-23(28)20-16(4)26-15(3)19(21(20)18-9-5-6-11-25-18)22(27)29-13-17-8-7-10-24-12-17/h5-12,14,21,26H,13H2,1-4H3. The second kappa shape index (κ2) is 9.35. The van der Waals surface area contributed by atoms with E-state index in [4.69, 9.17) is 9.47 Å². The Bertz CT molecular complexity index is 982. The van der Waals surface area contributed by atoms with Gasteiger partial charge in [0.1, 0.15) is 6.61 Å². The Kier molecular flexibility index (Phi) is 6.61. The molecule has 1 atom stereocenters. The number of aromatic nitrogens is 2. The van der Waals surface area contributed by atoms with Crippen molar-refractivity contribution in [3.63, 3.8) is 0 Å². The van der Waals surface area contributed by atoms with E-state index in [1.807, 2.05) is 12.1 Å². The highest BCUT2D eigenvalue weighted by Gasteiger charge is 2.39. The zero-order valence-corrected chi connectivity index (χ0v) is 17.5. The molecule has 1 N–H and O–H groups in total. The lowest BCUT2D eigenvalue weighted by Gasteiger charge is -2.30. The number of dihydropyridines is 1. The third-order valence-electron chi connectivity index (χ3n) is 4.62. The van der Waals surface area contributed by atoms with Crippen molar-refractivity contribution in [1.82, 2.24) is 15.3 Å². The Morgan fingerprint density at radius 1 is 1.03 bits per heavy atom. The predicted octanol–water partition coefficient (Wildman–Crippen LogP) is 3.41. The molecule has 2 aromatic heterocycles. The van der Waals surface area contributed by atoms with Crippen molar-refractivity contribution in [2.45, 2.75) is 46.3 Å². The third-order valence-corrected chi connectivity index (χ3v) is 4.62. The van der Waals surface area contributed by atoms with Crippen LogP contribution in [0.1, 0.15) is 44.9 Å². The van der Waals surface area contributed by atoms with Crippen molar-refractivity contribution in [3.05, 3.63) is 82.7 Å². The molecule has 156 valence electrons. The van der Waals surface area contributed by atoms with Gasteiger partial charge in [-0.05, 0) is 45.9 Å². The first-order valence-electron chi connectivity index (χ1n) is 9.75. The first-order valence-corrected chi connectivity index (χ1v) is 9.75. The van der Waals surface area contributed by atoms with Crippen molar-refractivity contribution >= 4 is 11.9 Å². The Balaban J connectivity index is 1.98. The molecule has 0 saturated heterocycles. The molecule has 1 aliphatic heterocycles. The van der Waals surface area contributed by atoms with Gasteiger partial charge >= 0.3 is 11.9 Å². The molecule has 3 heterocycles. The highest BCUT2D eigenvalue weighted by Crippen LogP contribution is 2.38. The van der Waals surface area contributed by atoms with Gasteiger partial charge in [0.25, 0.3) is 0 Å². The van der Waals surface area contributed by atoms with E-state index >= 15 is 0 Å². The summed E-state index contributed by atoms with van der Waals surface area (Å²) in [4.78, 5) is 34.5. The normalized spacial score (nSPS) is 16.4. The maximum absolute atomic E-state index is 13.1. The number of carbonyl (C=O) groups is 2. The Morgan fingerprint density at radius 3 is 2.37 bits per heavy atom. The van der Waals surface area contributed by atoms with Crippen molar-refractivity contribution in [1.29, 1.82) is 0 Å². The van der Waals surface area contributed by atoms with Gasteiger partial charge in [-0.15, -0.1) is 0 Å². The van der Waals surface area contributed by atoms with Crippen LogP contribution in [0, 0.1) is 0 Å². The molecular weight excluding hydrogens is 382 g/mol. The van der Waals surface area contributed by atoms with Gasteiger partial charge in [0.15, 0.2) is 0 Å². The molecule has 1 unspecified atom stereocenters. The summed E-state index contributed by atoms with van der Waals surface area (Å²) in [6.45, 7) is 7.21. The van der Waals surface area contributed by atoms with Crippen LogP contribution in [-0.2, 0) is 25.7 Å². The quantitative estimate of drug-likeness (QED) is 0.734. The van der Waals surface area contributed by atoms with Crippen LogP contribution >= 0.6 is 0 Å². The number of carbonyl (C=O) groups excluding carboxylic acids is 2. The second-order valence-corrected chi connectivity index (χ2v) is 7.28. The molecule has 0 amide bonds. The lowest BCUT2D eigenvalue weighted by atomic mass is 9.82. The molecule has 3 rings (SSSR count). The molecular formula is C23H25N3O4. The van der Waals surface area contributed by atoms with E-state index in [-0.39, 0.29) is 12.7 Å². The van der Waals surface area contributed by atoms with E-state index in [1.165, 1.54) is 0 Å². The minimum atomic E-state index is -0.694. The summed E-state index contributed by atoms with van der Waals surface area (Å²) in [5.74, 6) is -1.71. The van der Waals surface area contributed by atoms with E-state index in [0.717, 1.165) is 5.56 Å². The first-order chi connectivity index (χ1) is 14.4. The number of hydrogen-bond donors (Lipinski definition) is 1. The molecule has 0 spiro atoms. The maximum Gasteiger partial charge on any atom is 0.337 e. The van der Waals surface area contributed by atoms with Gasteiger partial charge in [0.2, 0.25) is 0 Å². The maximum atomic E-state index is 13.1. The average molecular weight is 407 g/mol. The molecule has 0 fully saturated rings. The summed E-state index contributed by atoms with van der Waals surface area (Å²) < 4.78 is 11.0. The molecule has 7 heteroatoms. The van der Waals surface area contributed by atoms with Crippen LogP contribution in [0.2, 0.25) is 0 Å². The fraction of sp³-hybridized carbons (Fsp3) is 0.304. The lowest BCUT2D eigenvalue weighted by molar-refractivity contribution is -0.143. The fourth-order valence-electron chi connectivity index (χ4n) is 3.37. The van der Waals surface area contributed by atoms with Gasteiger partial charge in [-0.1, -0.05) is 12.1 Å². The Labute approximate surface area is 175 Å². The van der Waals surface area contributed by atoms with Gasteiger partial charge in [-0.25, -0.2) is 9.59 Å². The number of nitrogens with zero attached hydrogens (tertiary/aromatic N) is 2. The molecule has 0 radical (unpaired) electrons. The minimum Gasteiger partial charge on any atom is -0.460 e. The zero-order chi connectivity index (χ0) is 21.7. The number of ether oxygens (including phenoxy) is 2. The van der Waals surface area contributed by atoms with Crippen LogP contribution in [-0.4, -0.2) is 28.0 Å². The van der Waals surface area contributed by atoms with Crippen LogP contribution in [0.25, 0.3) is 0 Å². The summed E-state index contributed by atoms with van der Waals surface area (Å²) in [7, 11) is 0. The predicted molar refractivity (Wildman–Crippen MR) is 111 cm³/mol. The van der Waals surface area contributed by atoms with Gasteiger partial charge in [-0.3, -0.25) is 9.97 Å². The smallest absolute Gasteiger partial charge is 0.337 e. The highest BCUT2D eigenvalue weighted by molar-refractivity contribution is 5.99. The molecule has 7 nitrogen and oxygen atoms in total. The number of esters is 2. The number of allylic oxidation sites excluding steroid dienone is 2. The van der Waals surface area contributed by atoms with E-state index in [9.17, 15) is 9.59 Å². The van der Waals surface area contributed by atoms with Crippen LogP contribution in [0.15, 0.2) is 71.5 Å². The summed E-state index contributed by atoms with van der Waals surface area (Å²) in [5.41, 5.74) is 3.26. The van der Waals surface area contributed by atoms with Crippen molar-refractivity contribution in [2.75, 3.05) is 0 Å². The molecule has 2 aromatic rings. The number of hydrogen-bond acceptors (Lipinski definition) is 7. The highest BCUT2D eigenvalue weighted by atomic mass is 16.5. The topological polar surface area (TPSA) is 90.4 Å². The van der Waals surface area contributed by atoms with Crippen LogP contribution in [0.5, 0.6) is 0 Å². The molecule has 0 saturated carbocycles. The van der Waals surface area contributed by atoms with Crippen molar-refractivity contribution < 1.29 is 19.1 Å². The molecule has 0 bridgehead atoms. The fourth-order valence-corrected chi connectivity index (χ4v) is 3.37. The molecule has 30 heavy (non-hydrogen) atoms. The van der Waals surface area contributed by atoms with Gasteiger partial charge < -0.3 is 14.8 Å². The van der Waals surface area contributed by atoms with Crippen molar-refractivity contribution in [2.24, 2.45) is 0 Å². The van der Waals surface area contributed by atoms with E-state index < -0.39 is 17.9 Å². The average Bonchev–Trinajstić information content (AvgIpc) is 2.72. The largest absolute Gasteiger partial charge is 0.460 e. The Morgan fingerprint density at radius 2 is 1.77 bits per heavy atom. The van der Waals surface area contributed by atoms with Crippen molar-refractivity contribution in [3.8, 4) is 0 Å². The summed E-state index contributed by atoms with van der Waals surface area (Å²) in [5, 5.41) is 3.13. The van der Waals surface area contributed by atoms with E-state index in [2.05, 4.69) is 15.3 Å². The lowest BCUT2D eigenvalue weighted by Crippen LogP contribution is -2.33. The van der Waals surface area contributed by atoms with E-state index in [0.29, 0.717) is 28.2 Å². The summed E-state index contributed by atoms with van der Waals surface area (Å²) in [6.07, 6.45) is 4.63. The summed E-state index contributed by atoms with van der Waals surface area (Å²) >= 11 is 0. The third kappa shape index (κ3) is 4.74. The molecule has 0 aromatic carbocycles.